The second kappa shape index (κ2) is 12.6. The summed E-state index contributed by atoms with van der Waals surface area (Å²) in [6.45, 7) is 3.62. The van der Waals surface area contributed by atoms with Gasteiger partial charge in [0.2, 0.25) is 11.8 Å². The minimum absolute atomic E-state index is 0.0467. The van der Waals surface area contributed by atoms with Crippen LogP contribution >= 0.6 is 11.6 Å². The molecule has 190 valence electrons. The molecule has 2 amide bonds. The van der Waals surface area contributed by atoms with E-state index in [9.17, 15) is 18.0 Å². The second-order valence-corrected chi connectivity index (χ2v) is 10.5. The summed E-state index contributed by atoms with van der Waals surface area (Å²) < 4.78 is 28.3. The fraction of sp³-hybridized carbons (Fsp3) is 0.259. The van der Waals surface area contributed by atoms with Gasteiger partial charge in [0, 0.05) is 18.1 Å². The Balaban J connectivity index is 1.96. The van der Waals surface area contributed by atoms with Crippen molar-refractivity contribution >= 4 is 39.1 Å². The second-order valence-electron chi connectivity index (χ2n) is 8.20. The van der Waals surface area contributed by atoms with E-state index in [0.29, 0.717) is 18.0 Å². The minimum Gasteiger partial charge on any atom is -0.355 e. The molecule has 3 aromatic rings. The van der Waals surface area contributed by atoms with Gasteiger partial charge in [-0.15, -0.1) is 0 Å². The topological polar surface area (TPSA) is 86.8 Å². The van der Waals surface area contributed by atoms with E-state index in [2.05, 4.69) is 5.32 Å². The molecule has 0 saturated heterocycles. The fourth-order valence-electron chi connectivity index (χ4n) is 3.77. The Hall–Kier alpha value is -3.36. The Morgan fingerprint density at radius 2 is 1.58 bits per heavy atom. The number of amides is 2. The van der Waals surface area contributed by atoms with Gasteiger partial charge in [-0.3, -0.25) is 13.9 Å². The molecule has 0 aromatic heterocycles. The monoisotopic (exact) mass is 527 g/mol. The van der Waals surface area contributed by atoms with Gasteiger partial charge < -0.3 is 10.2 Å². The van der Waals surface area contributed by atoms with Crippen molar-refractivity contribution in [2.75, 3.05) is 23.9 Å². The molecule has 3 aromatic carbocycles. The first-order chi connectivity index (χ1) is 17.2. The van der Waals surface area contributed by atoms with Gasteiger partial charge in [-0.2, -0.15) is 0 Å². The van der Waals surface area contributed by atoms with Crippen molar-refractivity contribution in [3.8, 4) is 0 Å². The molecule has 3 rings (SSSR count). The standard InChI is InChI=1S/C27H30ClN3O4S/c1-3-29-27(33)21(2)30(18-17-22-11-6-4-7-12-22)26(32)20-31(24-14-10-13-23(28)19-24)36(34,35)25-15-8-5-9-16-25/h4-16,19,21H,3,17-18,20H2,1-2H3,(H,29,33)/t21-/m1/s1. The van der Waals surface area contributed by atoms with Gasteiger partial charge in [0.1, 0.15) is 12.6 Å². The zero-order chi connectivity index (χ0) is 26.1. The molecule has 0 heterocycles. The lowest BCUT2D eigenvalue weighted by molar-refractivity contribution is -0.138. The van der Waals surface area contributed by atoms with Gasteiger partial charge >= 0.3 is 0 Å². The SMILES string of the molecule is CCNC(=O)[C@@H](C)N(CCc1ccccc1)C(=O)CN(c1cccc(Cl)c1)S(=O)(=O)c1ccccc1. The van der Waals surface area contributed by atoms with Crippen molar-refractivity contribution in [3.63, 3.8) is 0 Å². The fourth-order valence-corrected chi connectivity index (χ4v) is 5.38. The number of hydrogen-bond acceptors (Lipinski definition) is 4. The van der Waals surface area contributed by atoms with Gasteiger partial charge in [-0.05, 0) is 56.2 Å². The highest BCUT2D eigenvalue weighted by molar-refractivity contribution is 7.92. The summed E-state index contributed by atoms with van der Waals surface area (Å²) in [5, 5.41) is 3.08. The van der Waals surface area contributed by atoms with Crippen LogP contribution in [0.2, 0.25) is 5.02 Å². The average Bonchev–Trinajstić information content (AvgIpc) is 2.88. The molecule has 0 bridgehead atoms. The van der Waals surface area contributed by atoms with E-state index in [0.717, 1.165) is 9.87 Å². The van der Waals surface area contributed by atoms with Crippen LogP contribution in [0.15, 0.2) is 89.8 Å². The summed E-state index contributed by atoms with van der Waals surface area (Å²) in [6, 6.07) is 23.0. The molecule has 7 nitrogen and oxygen atoms in total. The number of hydrogen-bond donors (Lipinski definition) is 1. The highest BCUT2D eigenvalue weighted by Crippen LogP contribution is 2.26. The van der Waals surface area contributed by atoms with Crippen molar-refractivity contribution in [2.45, 2.75) is 31.2 Å². The molecule has 36 heavy (non-hydrogen) atoms. The van der Waals surface area contributed by atoms with E-state index in [1.165, 1.54) is 23.1 Å². The minimum atomic E-state index is -4.10. The van der Waals surface area contributed by atoms with Crippen molar-refractivity contribution in [3.05, 3.63) is 95.5 Å². The summed E-state index contributed by atoms with van der Waals surface area (Å²) in [5.41, 5.74) is 1.26. The maximum Gasteiger partial charge on any atom is 0.264 e. The van der Waals surface area contributed by atoms with Crippen LogP contribution in [0.25, 0.3) is 0 Å². The van der Waals surface area contributed by atoms with Crippen molar-refractivity contribution in [1.82, 2.24) is 10.2 Å². The lowest BCUT2D eigenvalue weighted by Gasteiger charge is -2.32. The molecule has 0 spiro atoms. The van der Waals surface area contributed by atoms with Crippen LogP contribution in [-0.2, 0) is 26.0 Å². The zero-order valence-corrected chi connectivity index (χ0v) is 21.9. The highest BCUT2D eigenvalue weighted by Gasteiger charge is 2.32. The molecule has 1 N–H and O–H groups in total. The van der Waals surface area contributed by atoms with Crippen LogP contribution < -0.4 is 9.62 Å². The van der Waals surface area contributed by atoms with E-state index in [1.54, 1.807) is 50.2 Å². The summed E-state index contributed by atoms with van der Waals surface area (Å²) >= 11 is 6.16. The summed E-state index contributed by atoms with van der Waals surface area (Å²) in [5.74, 6) is -0.803. The number of nitrogens with one attached hydrogen (secondary N) is 1. The van der Waals surface area contributed by atoms with Gasteiger partial charge in [-0.1, -0.05) is 66.2 Å². The zero-order valence-electron chi connectivity index (χ0n) is 20.3. The molecular formula is C27H30ClN3O4S. The third-order valence-corrected chi connectivity index (χ3v) is 7.73. The smallest absolute Gasteiger partial charge is 0.264 e. The molecule has 0 radical (unpaired) electrons. The third kappa shape index (κ3) is 6.86. The number of benzene rings is 3. The summed E-state index contributed by atoms with van der Waals surface area (Å²) in [6.07, 6.45) is 0.513. The van der Waals surface area contributed by atoms with Gasteiger partial charge in [-0.25, -0.2) is 8.42 Å². The molecule has 9 heteroatoms. The van der Waals surface area contributed by atoms with Crippen molar-refractivity contribution < 1.29 is 18.0 Å². The van der Waals surface area contributed by atoms with Gasteiger partial charge in [0.05, 0.1) is 10.6 Å². The molecule has 0 fully saturated rings. The number of halogens is 1. The van der Waals surface area contributed by atoms with E-state index < -0.39 is 28.5 Å². The van der Waals surface area contributed by atoms with Crippen LogP contribution in [-0.4, -0.2) is 50.8 Å². The number of nitrogens with zero attached hydrogens (tertiary/aromatic N) is 2. The predicted molar refractivity (Wildman–Crippen MR) is 142 cm³/mol. The van der Waals surface area contributed by atoms with E-state index in [4.69, 9.17) is 11.6 Å². The number of anilines is 1. The Kier molecular flexibility index (Phi) is 9.50. The van der Waals surface area contributed by atoms with Crippen LogP contribution in [0.3, 0.4) is 0 Å². The highest BCUT2D eigenvalue weighted by atomic mass is 35.5. The van der Waals surface area contributed by atoms with Crippen LogP contribution in [0.1, 0.15) is 19.4 Å². The van der Waals surface area contributed by atoms with Crippen molar-refractivity contribution in [1.29, 1.82) is 0 Å². The molecule has 0 aliphatic carbocycles. The van der Waals surface area contributed by atoms with Gasteiger partial charge in [0.25, 0.3) is 10.0 Å². The maximum atomic E-state index is 13.7. The first-order valence-corrected chi connectivity index (χ1v) is 13.5. The molecule has 0 unspecified atom stereocenters. The third-order valence-electron chi connectivity index (χ3n) is 5.71. The normalized spacial score (nSPS) is 12.0. The number of likely N-dealkylation sites (N-methyl/N-ethyl adjacent to an activating group) is 1. The van der Waals surface area contributed by atoms with Crippen LogP contribution in [0, 0.1) is 0 Å². The number of carbonyl (C=O) groups is 2. The quantitative estimate of drug-likeness (QED) is 0.406. The first kappa shape index (κ1) is 27.2. The average molecular weight is 528 g/mol. The Morgan fingerprint density at radius 3 is 2.19 bits per heavy atom. The molecule has 0 saturated carbocycles. The summed E-state index contributed by atoms with van der Waals surface area (Å²) in [4.78, 5) is 27.8. The summed E-state index contributed by atoms with van der Waals surface area (Å²) in [7, 11) is -4.10. The lowest BCUT2D eigenvalue weighted by Crippen LogP contribution is -2.52. The molecule has 0 aliphatic rings. The first-order valence-electron chi connectivity index (χ1n) is 11.7. The van der Waals surface area contributed by atoms with E-state index in [-0.39, 0.29) is 23.0 Å². The number of rotatable bonds is 11. The van der Waals surface area contributed by atoms with Crippen LogP contribution in [0.5, 0.6) is 0 Å². The molecule has 1 atom stereocenters. The molecular weight excluding hydrogens is 498 g/mol. The van der Waals surface area contributed by atoms with E-state index >= 15 is 0 Å². The Morgan fingerprint density at radius 1 is 0.944 bits per heavy atom. The number of carbonyl (C=O) groups excluding carboxylic acids is 2. The Labute approximate surface area is 217 Å². The lowest BCUT2D eigenvalue weighted by atomic mass is 10.1. The van der Waals surface area contributed by atoms with Gasteiger partial charge in [0.15, 0.2) is 0 Å². The van der Waals surface area contributed by atoms with E-state index in [1.807, 2.05) is 30.3 Å². The van der Waals surface area contributed by atoms with Crippen LogP contribution in [0.4, 0.5) is 5.69 Å². The Bertz CT molecular complexity index is 1270. The number of sulfonamides is 1. The maximum absolute atomic E-state index is 13.7. The predicted octanol–water partition coefficient (Wildman–Crippen LogP) is 4.13. The largest absolute Gasteiger partial charge is 0.355 e. The molecule has 0 aliphatic heterocycles. The van der Waals surface area contributed by atoms with Crippen molar-refractivity contribution in [2.24, 2.45) is 0 Å².